The van der Waals surface area contributed by atoms with Gasteiger partial charge < -0.3 is 30.2 Å². The molecule has 3 saturated heterocycles. The van der Waals surface area contributed by atoms with E-state index in [1.807, 2.05) is 17.0 Å². The molecule has 0 aromatic heterocycles. The number of ether oxygens (including phenoxy) is 1. The van der Waals surface area contributed by atoms with Crippen molar-refractivity contribution in [2.75, 3.05) is 48.6 Å². The van der Waals surface area contributed by atoms with Crippen molar-refractivity contribution < 1.29 is 14.3 Å². The van der Waals surface area contributed by atoms with Crippen molar-refractivity contribution in [2.24, 2.45) is 5.92 Å². The van der Waals surface area contributed by atoms with Crippen LogP contribution >= 0.6 is 15.9 Å². The van der Waals surface area contributed by atoms with Gasteiger partial charge in [0.2, 0.25) is 5.91 Å². The van der Waals surface area contributed by atoms with Crippen molar-refractivity contribution >= 4 is 44.8 Å². The number of hydrazine groups is 1. The predicted octanol–water partition coefficient (Wildman–Crippen LogP) is 4.02. The first kappa shape index (κ1) is 25.9. The lowest BCUT2D eigenvalue weighted by atomic mass is 9.82. The molecular formula is C30H35BrN6O3. The van der Waals surface area contributed by atoms with Crippen LogP contribution in [0.15, 0.2) is 47.5 Å². The summed E-state index contributed by atoms with van der Waals surface area (Å²) in [6.45, 7) is 8.37. The number of aryl methyl sites for hydroxylation is 1. The molecule has 210 valence electrons. The van der Waals surface area contributed by atoms with E-state index in [1.165, 1.54) is 30.0 Å². The number of rotatable bonds is 4. The molecule has 2 aromatic rings. The fourth-order valence-electron chi connectivity index (χ4n) is 7.03. The average Bonchev–Trinajstić information content (AvgIpc) is 3.56. The Morgan fingerprint density at radius 3 is 2.67 bits per heavy atom. The zero-order valence-corrected chi connectivity index (χ0v) is 24.2. The molecule has 0 spiro atoms. The standard InChI is InChI=1S/C30H35BrN6O3/c1-3-25(38)35-12-13-40-29-26-23(37(34-29)22-9-6-19(14-17(22)2)18-4-5-18)10-11-36(24(26)15-35)30(39)20-7-8-21(31)28-27(20)32-16-33-28/h3,6-9,14,18,23-24,26,29,32-34H,1,4-5,10-13,15-16H2,2H3. The van der Waals surface area contributed by atoms with Gasteiger partial charge in [0.05, 0.1) is 48.0 Å². The van der Waals surface area contributed by atoms with E-state index in [0.29, 0.717) is 44.4 Å². The topological polar surface area (TPSA) is 89.2 Å². The third-order valence-corrected chi connectivity index (χ3v) is 9.82. The number of hydrogen-bond donors (Lipinski definition) is 3. The Morgan fingerprint density at radius 1 is 1.07 bits per heavy atom. The third kappa shape index (κ3) is 4.28. The first-order valence-corrected chi connectivity index (χ1v) is 15.0. The van der Waals surface area contributed by atoms with E-state index in [-0.39, 0.29) is 36.0 Å². The number of nitrogens with one attached hydrogen (secondary N) is 3. The number of fused-ring (bicyclic) bond motifs is 1. The molecule has 1 saturated carbocycles. The average molecular weight is 608 g/mol. The summed E-state index contributed by atoms with van der Waals surface area (Å²) in [4.78, 5) is 30.9. The van der Waals surface area contributed by atoms with Crippen molar-refractivity contribution in [2.45, 2.75) is 50.4 Å². The van der Waals surface area contributed by atoms with Gasteiger partial charge in [-0.25, -0.2) is 5.43 Å². The zero-order chi connectivity index (χ0) is 27.5. The maximum Gasteiger partial charge on any atom is 0.256 e. The SMILES string of the molecule is C=CC(=O)N1CCOC2NN(c3ccc(C4CC4)cc3C)C3CCN(C(=O)c4ccc(Br)c5c4NCN5)C(C1)C23. The zero-order valence-electron chi connectivity index (χ0n) is 22.7. The van der Waals surface area contributed by atoms with E-state index in [9.17, 15) is 9.59 Å². The molecule has 4 fully saturated rings. The molecule has 1 aliphatic carbocycles. The van der Waals surface area contributed by atoms with E-state index in [1.54, 1.807) is 4.90 Å². The smallest absolute Gasteiger partial charge is 0.256 e. The fraction of sp³-hybridized carbons (Fsp3) is 0.467. The molecule has 2 amide bonds. The van der Waals surface area contributed by atoms with Gasteiger partial charge in [-0.2, -0.15) is 0 Å². The Kier molecular flexibility index (Phi) is 6.52. The molecule has 9 nitrogen and oxygen atoms in total. The Bertz CT molecular complexity index is 1380. The summed E-state index contributed by atoms with van der Waals surface area (Å²) in [6, 6.07) is 10.5. The van der Waals surface area contributed by atoms with Crippen LogP contribution in [-0.2, 0) is 9.53 Å². The molecular weight excluding hydrogens is 572 g/mol. The van der Waals surface area contributed by atoms with Gasteiger partial charge in [-0.15, -0.1) is 0 Å². The number of carbonyl (C=O) groups excluding carboxylic acids is 2. The van der Waals surface area contributed by atoms with Crippen LogP contribution in [0, 0.1) is 12.8 Å². The number of likely N-dealkylation sites (tertiary alicyclic amines) is 1. The molecule has 4 aliphatic heterocycles. The second kappa shape index (κ2) is 10.1. The quantitative estimate of drug-likeness (QED) is 0.453. The molecule has 5 aliphatic rings. The summed E-state index contributed by atoms with van der Waals surface area (Å²) in [5, 5.41) is 8.92. The first-order valence-electron chi connectivity index (χ1n) is 14.2. The number of benzene rings is 2. The van der Waals surface area contributed by atoms with Crippen molar-refractivity contribution in [3.05, 3.63) is 64.1 Å². The van der Waals surface area contributed by atoms with Crippen LogP contribution in [0.2, 0.25) is 0 Å². The molecule has 40 heavy (non-hydrogen) atoms. The molecule has 4 heterocycles. The molecule has 7 rings (SSSR count). The van der Waals surface area contributed by atoms with Crippen LogP contribution in [0.1, 0.15) is 46.7 Å². The van der Waals surface area contributed by atoms with E-state index in [4.69, 9.17) is 4.74 Å². The van der Waals surface area contributed by atoms with Gasteiger partial charge in [-0.3, -0.25) is 9.59 Å². The van der Waals surface area contributed by atoms with Gasteiger partial charge in [-0.05, 0) is 83.4 Å². The van der Waals surface area contributed by atoms with Crippen LogP contribution in [0.3, 0.4) is 0 Å². The van der Waals surface area contributed by atoms with Crippen LogP contribution < -0.4 is 21.1 Å². The summed E-state index contributed by atoms with van der Waals surface area (Å²) in [5.41, 5.74) is 9.86. The maximum absolute atomic E-state index is 14.3. The number of nitrogens with zero attached hydrogens (tertiary/aromatic N) is 3. The highest BCUT2D eigenvalue weighted by Gasteiger charge is 2.53. The van der Waals surface area contributed by atoms with Crippen molar-refractivity contribution in [3.8, 4) is 0 Å². The highest BCUT2D eigenvalue weighted by Crippen LogP contribution is 2.44. The Balaban J connectivity index is 1.25. The second-order valence-corrected chi connectivity index (χ2v) is 12.3. The van der Waals surface area contributed by atoms with Gasteiger partial charge in [0.25, 0.3) is 5.91 Å². The Morgan fingerprint density at radius 2 is 1.90 bits per heavy atom. The molecule has 2 aromatic carbocycles. The van der Waals surface area contributed by atoms with E-state index in [0.717, 1.165) is 28.0 Å². The van der Waals surface area contributed by atoms with Crippen LogP contribution in [0.25, 0.3) is 0 Å². The summed E-state index contributed by atoms with van der Waals surface area (Å²) in [6.07, 6.45) is 4.44. The number of anilines is 3. The number of hydrogen-bond acceptors (Lipinski definition) is 7. The van der Waals surface area contributed by atoms with Gasteiger partial charge in [0.15, 0.2) is 0 Å². The van der Waals surface area contributed by atoms with Crippen molar-refractivity contribution in [1.82, 2.24) is 15.2 Å². The highest BCUT2D eigenvalue weighted by molar-refractivity contribution is 9.10. The summed E-state index contributed by atoms with van der Waals surface area (Å²) in [7, 11) is 0. The summed E-state index contributed by atoms with van der Waals surface area (Å²) < 4.78 is 7.33. The lowest BCUT2D eigenvalue weighted by Gasteiger charge is -2.47. The normalized spacial score (nSPS) is 27.2. The van der Waals surface area contributed by atoms with Crippen LogP contribution in [-0.4, -0.2) is 72.8 Å². The molecule has 10 heteroatoms. The van der Waals surface area contributed by atoms with Crippen molar-refractivity contribution in [3.63, 3.8) is 0 Å². The van der Waals surface area contributed by atoms with E-state index < -0.39 is 0 Å². The number of piperidine rings is 1. The lowest BCUT2D eigenvalue weighted by Crippen LogP contribution is -2.61. The molecule has 3 N–H and O–H groups in total. The Hall–Kier alpha value is -3.08. The third-order valence-electron chi connectivity index (χ3n) is 9.16. The van der Waals surface area contributed by atoms with E-state index in [2.05, 4.69) is 68.7 Å². The monoisotopic (exact) mass is 606 g/mol. The fourth-order valence-corrected chi connectivity index (χ4v) is 7.50. The van der Waals surface area contributed by atoms with Gasteiger partial charge in [-0.1, -0.05) is 18.7 Å². The van der Waals surface area contributed by atoms with Gasteiger partial charge >= 0.3 is 0 Å². The Labute approximate surface area is 243 Å². The second-order valence-electron chi connectivity index (χ2n) is 11.5. The van der Waals surface area contributed by atoms with E-state index >= 15 is 0 Å². The largest absolute Gasteiger partial charge is 0.366 e. The van der Waals surface area contributed by atoms with Gasteiger partial charge in [0, 0.05) is 30.0 Å². The van der Waals surface area contributed by atoms with Gasteiger partial charge in [0.1, 0.15) is 6.23 Å². The minimum absolute atomic E-state index is 0.0183. The summed E-state index contributed by atoms with van der Waals surface area (Å²) in [5.74, 6) is 0.516. The highest BCUT2D eigenvalue weighted by atomic mass is 79.9. The predicted molar refractivity (Wildman–Crippen MR) is 158 cm³/mol. The van der Waals surface area contributed by atoms with Crippen LogP contribution in [0.4, 0.5) is 17.1 Å². The molecule has 0 bridgehead atoms. The number of carbonyl (C=O) groups is 2. The minimum Gasteiger partial charge on any atom is -0.366 e. The van der Waals surface area contributed by atoms with Crippen LogP contribution in [0.5, 0.6) is 0 Å². The molecule has 4 unspecified atom stereocenters. The lowest BCUT2D eigenvalue weighted by molar-refractivity contribution is -0.132. The first-order chi connectivity index (χ1) is 19.4. The summed E-state index contributed by atoms with van der Waals surface area (Å²) >= 11 is 3.60. The van der Waals surface area contributed by atoms with Crippen molar-refractivity contribution in [1.29, 1.82) is 0 Å². The minimum atomic E-state index is -0.260. The number of halogens is 1. The maximum atomic E-state index is 14.3. The molecule has 4 atom stereocenters. The molecule has 0 radical (unpaired) electrons. The number of amides is 2.